The van der Waals surface area contributed by atoms with Crippen LogP contribution in [0, 0.1) is 5.92 Å². The quantitative estimate of drug-likeness (QED) is 0.697. The number of carbonyl (C=O) groups is 1. The van der Waals surface area contributed by atoms with Crippen LogP contribution in [0.2, 0.25) is 0 Å². The number of hydrogen-bond donors (Lipinski definition) is 1. The molecule has 0 radical (unpaired) electrons. The highest BCUT2D eigenvalue weighted by atomic mass is 19.4. The first kappa shape index (κ1) is 21.2. The third-order valence-electron chi connectivity index (χ3n) is 7.01. The molecule has 0 saturated heterocycles. The lowest BCUT2D eigenvalue weighted by Crippen LogP contribution is -2.48. The Bertz CT molecular complexity index is 730. The minimum atomic E-state index is -4.24. The number of ether oxygens (including phenoxy) is 1. The monoisotopic (exact) mass is 398 g/mol. The van der Waals surface area contributed by atoms with Gasteiger partial charge in [0.1, 0.15) is 0 Å². The third kappa shape index (κ3) is 4.07. The minimum Gasteiger partial charge on any atom is -0.465 e. The van der Waals surface area contributed by atoms with Crippen LogP contribution in [0.5, 0.6) is 0 Å². The molecular weight excluding hydrogens is 369 g/mol. The van der Waals surface area contributed by atoms with Gasteiger partial charge < -0.3 is 9.84 Å². The van der Waals surface area contributed by atoms with Crippen LogP contribution in [-0.2, 0) is 16.6 Å². The Hall–Kier alpha value is -1.56. The minimum absolute atomic E-state index is 0.148. The summed E-state index contributed by atoms with van der Waals surface area (Å²) in [7, 11) is 1.36. The fraction of sp³-hybridized carbons (Fsp3) is 0.682. The Morgan fingerprint density at radius 1 is 1.32 bits per heavy atom. The number of aryl methyl sites for hydroxylation is 1. The van der Waals surface area contributed by atoms with E-state index in [0.717, 1.165) is 31.2 Å². The van der Waals surface area contributed by atoms with E-state index in [2.05, 4.69) is 6.92 Å². The van der Waals surface area contributed by atoms with Gasteiger partial charge >= 0.3 is 12.1 Å². The number of carbonyl (C=O) groups excluding carboxylic acids is 1. The number of halogens is 3. The molecule has 0 aromatic heterocycles. The summed E-state index contributed by atoms with van der Waals surface area (Å²) in [5.41, 5.74) is 1.47. The summed E-state index contributed by atoms with van der Waals surface area (Å²) in [5, 5.41) is 10.9. The maximum atomic E-state index is 12.7. The van der Waals surface area contributed by atoms with E-state index in [0.29, 0.717) is 24.8 Å². The van der Waals surface area contributed by atoms with Gasteiger partial charge in [0.05, 0.1) is 18.3 Å². The van der Waals surface area contributed by atoms with E-state index in [-0.39, 0.29) is 23.7 Å². The van der Waals surface area contributed by atoms with Crippen molar-refractivity contribution in [2.75, 3.05) is 7.11 Å². The van der Waals surface area contributed by atoms with Crippen molar-refractivity contribution < 1.29 is 27.8 Å². The predicted octanol–water partition coefficient (Wildman–Crippen LogP) is 5.33. The van der Waals surface area contributed by atoms with Gasteiger partial charge in [-0.3, -0.25) is 0 Å². The van der Waals surface area contributed by atoms with Crippen LogP contribution in [-0.4, -0.2) is 30.0 Å². The number of alkyl halides is 3. The highest BCUT2D eigenvalue weighted by Crippen LogP contribution is 2.54. The summed E-state index contributed by atoms with van der Waals surface area (Å²) in [6.07, 6.45) is -0.445. The number of methoxy groups -OCH3 is 1. The van der Waals surface area contributed by atoms with Crippen LogP contribution >= 0.6 is 0 Å². The van der Waals surface area contributed by atoms with Crippen molar-refractivity contribution in [3.8, 4) is 0 Å². The van der Waals surface area contributed by atoms with E-state index < -0.39 is 18.2 Å². The normalized spacial score (nSPS) is 30.1. The predicted molar refractivity (Wildman–Crippen MR) is 100 cm³/mol. The maximum absolute atomic E-state index is 12.7. The molecular formula is C22H29F3O3. The Kier molecular flexibility index (Phi) is 5.81. The van der Waals surface area contributed by atoms with Gasteiger partial charge in [-0.05, 0) is 86.0 Å². The second-order valence-electron chi connectivity index (χ2n) is 8.51. The largest absolute Gasteiger partial charge is 0.465 e. The summed E-state index contributed by atoms with van der Waals surface area (Å²) in [6, 6.07) is 5.70. The Balaban J connectivity index is 1.91. The van der Waals surface area contributed by atoms with Crippen molar-refractivity contribution in [1.82, 2.24) is 0 Å². The summed E-state index contributed by atoms with van der Waals surface area (Å²) >= 11 is 0. The zero-order valence-corrected chi connectivity index (χ0v) is 16.6. The maximum Gasteiger partial charge on any atom is 0.389 e. The number of aliphatic hydroxyl groups is 1. The van der Waals surface area contributed by atoms with Crippen molar-refractivity contribution in [1.29, 1.82) is 0 Å². The van der Waals surface area contributed by atoms with E-state index in [1.165, 1.54) is 12.7 Å². The van der Waals surface area contributed by atoms with Crippen LogP contribution in [0.15, 0.2) is 18.2 Å². The van der Waals surface area contributed by atoms with Crippen molar-refractivity contribution in [3.05, 3.63) is 34.9 Å². The zero-order valence-electron chi connectivity index (χ0n) is 16.6. The third-order valence-corrected chi connectivity index (χ3v) is 7.01. The summed E-state index contributed by atoms with van der Waals surface area (Å²) < 4.78 is 42.9. The standard InChI is InChI=1S/C22H29F3O3/c1-3-21-11-9-20(27,10-12-22(23,24)25)14-17(21)6-4-5-15-13-16(19(26)28-2)7-8-18(15)21/h7-8,13,17,27H,3-6,9-12,14H2,1-2H3. The lowest BCUT2D eigenvalue weighted by molar-refractivity contribution is -0.153. The molecule has 0 amide bonds. The summed E-state index contributed by atoms with van der Waals surface area (Å²) in [4.78, 5) is 11.9. The number of esters is 1. The van der Waals surface area contributed by atoms with E-state index >= 15 is 0 Å². The van der Waals surface area contributed by atoms with Crippen LogP contribution < -0.4 is 0 Å². The SMILES string of the molecule is CCC12CCC(O)(CCC(F)(F)F)CC1CCCc1cc(C(=O)OC)ccc12. The molecule has 0 heterocycles. The molecule has 3 nitrogen and oxygen atoms in total. The Morgan fingerprint density at radius 3 is 2.71 bits per heavy atom. The summed E-state index contributed by atoms with van der Waals surface area (Å²) in [5.74, 6) is -0.214. The molecule has 6 heteroatoms. The van der Waals surface area contributed by atoms with Gasteiger partial charge in [-0.15, -0.1) is 0 Å². The highest BCUT2D eigenvalue weighted by Gasteiger charge is 2.50. The van der Waals surface area contributed by atoms with Gasteiger partial charge in [-0.2, -0.15) is 13.2 Å². The Labute approximate surface area is 164 Å². The van der Waals surface area contributed by atoms with Crippen molar-refractivity contribution in [2.45, 2.75) is 81.9 Å². The molecule has 3 unspecified atom stereocenters. The van der Waals surface area contributed by atoms with Crippen LogP contribution in [0.1, 0.15) is 79.8 Å². The van der Waals surface area contributed by atoms with E-state index in [4.69, 9.17) is 4.74 Å². The van der Waals surface area contributed by atoms with Gasteiger partial charge in [-0.1, -0.05) is 13.0 Å². The topological polar surface area (TPSA) is 46.5 Å². The molecule has 1 fully saturated rings. The molecule has 2 aliphatic carbocycles. The second kappa shape index (κ2) is 7.69. The van der Waals surface area contributed by atoms with Crippen molar-refractivity contribution in [3.63, 3.8) is 0 Å². The lowest BCUT2D eigenvalue weighted by atomic mass is 9.56. The molecule has 3 rings (SSSR count). The van der Waals surface area contributed by atoms with Gasteiger partial charge in [0.2, 0.25) is 0 Å². The van der Waals surface area contributed by atoms with Crippen LogP contribution in [0.4, 0.5) is 13.2 Å². The average Bonchev–Trinajstić information content (AvgIpc) is 2.81. The van der Waals surface area contributed by atoms with Crippen molar-refractivity contribution in [2.24, 2.45) is 5.92 Å². The molecule has 1 saturated carbocycles. The highest BCUT2D eigenvalue weighted by molar-refractivity contribution is 5.89. The van der Waals surface area contributed by atoms with Gasteiger partial charge in [0.15, 0.2) is 0 Å². The number of rotatable bonds is 4. The van der Waals surface area contributed by atoms with Crippen LogP contribution in [0.25, 0.3) is 0 Å². The first-order valence-corrected chi connectivity index (χ1v) is 10.1. The zero-order chi connectivity index (χ0) is 20.6. The fourth-order valence-corrected chi connectivity index (χ4v) is 5.48. The van der Waals surface area contributed by atoms with Gasteiger partial charge in [0, 0.05) is 6.42 Å². The van der Waals surface area contributed by atoms with E-state index in [1.807, 2.05) is 12.1 Å². The first-order chi connectivity index (χ1) is 13.1. The molecule has 0 spiro atoms. The first-order valence-electron chi connectivity index (χ1n) is 10.1. The van der Waals surface area contributed by atoms with Gasteiger partial charge in [0.25, 0.3) is 0 Å². The molecule has 0 aliphatic heterocycles. The van der Waals surface area contributed by atoms with Gasteiger partial charge in [-0.25, -0.2) is 4.79 Å². The van der Waals surface area contributed by atoms with Crippen LogP contribution in [0.3, 0.4) is 0 Å². The molecule has 1 aromatic carbocycles. The molecule has 2 aliphatic rings. The van der Waals surface area contributed by atoms with E-state index in [9.17, 15) is 23.1 Å². The molecule has 0 bridgehead atoms. The van der Waals surface area contributed by atoms with E-state index in [1.54, 1.807) is 6.07 Å². The second-order valence-corrected chi connectivity index (χ2v) is 8.51. The van der Waals surface area contributed by atoms with Crippen molar-refractivity contribution >= 4 is 5.97 Å². The lowest BCUT2D eigenvalue weighted by Gasteiger charge is -2.50. The fourth-order valence-electron chi connectivity index (χ4n) is 5.48. The molecule has 28 heavy (non-hydrogen) atoms. The Morgan fingerprint density at radius 2 is 2.07 bits per heavy atom. The molecule has 1 aromatic rings. The molecule has 156 valence electrons. The number of fused-ring (bicyclic) bond motifs is 3. The average molecular weight is 398 g/mol. The molecule has 1 N–H and O–H groups in total. The molecule has 3 atom stereocenters. The smallest absolute Gasteiger partial charge is 0.389 e. The summed E-state index contributed by atoms with van der Waals surface area (Å²) in [6.45, 7) is 2.12. The number of hydrogen-bond acceptors (Lipinski definition) is 3. The number of benzene rings is 1.